The van der Waals surface area contributed by atoms with Gasteiger partial charge in [-0.15, -0.1) is 0 Å². The molecule has 3 amide bonds. The molecule has 0 saturated heterocycles. The van der Waals surface area contributed by atoms with Crippen LogP contribution in [-0.4, -0.2) is 38.5 Å². The fourth-order valence-electron chi connectivity index (χ4n) is 2.99. The van der Waals surface area contributed by atoms with E-state index in [1.165, 1.54) is 26.4 Å². The summed E-state index contributed by atoms with van der Waals surface area (Å²) in [6.45, 7) is -0.390. The van der Waals surface area contributed by atoms with E-state index in [1.807, 2.05) is 0 Å². The first kappa shape index (κ1) is 24.4. The molecule has 0 fully saturated rings. The van der Waals surface area contributed by atoms with Crippen LogP contribution < -0.4 is 30.6 Å². The normalized spacial score (nSPS) is 10.2. The molecule has 0 radical (unpaired) electrons. The molecule has 0 heterocycles. The molecule has 0 aliphatic heterocycles. The van der Waals surface area contributed by atoms with E-state index in [2.05, 4.69) is 10.6 Å². The number of anilines is 2. The summed E-state index contributed by atoms with van der Waals surface area (Å²) in [5, 5.41) is 6.05. The van der Waals surface area contributed by atoms with Crippen LogP contribution in [0.15, 0.2) is 60.7 Å². The second-order valence-electron chi connectivity index (χ2n) is 6.93. The number of rotatable bonds is 9. The van der Waals surface area contributed by atoms with Crippen molar-refractivity contribution in [3.63, 3.8) is 0 Å². The van der Waals surface area contributed by atoms with Gasteiger partial charge in [-0.3, -0.25) is 14.4 Å². The highest BCUT2D eigenvalue weighted by Crippen LogP contribution is 2.39. The first-order valence-electron chi connectivity index (χ1n) is 9.96. The van der Waals surface area contributed by atoms with Gasteiger partial charge in [-0.05, 0) is 48.5 Å². The molecule has 10 heteroatoms. The Labute approximate surface area is 200 Å². The predicted molar refractivity (Wildman–Crippen MR) is 128 cm³/mol. The van der Waals surface area contributed by atoms with Crippen molar-refractivity contribution >= 4 is 40.7 Å². The van der Waals surface area contributed by atoms with Gasteiger partial charge in [0, 0.05) is 16.1 Å². The van der Waals surface area contributed by atoms with Crippen LogP contribution in [0.5, 0.6) is 17.2 Å². The molecule has 0 bridgehead atoms. The van der Waals surface area contributed by atoms with Gasteiger partial charge in [-0.25, -0.2) is 0 Å². The second kappa shape index (κ2) is 11.1. The molecule has 4 N–H and O–H groups in total. The highest BCUT2D eigenvalue weighted by molar-refractivity contribution is 6.30. The maximum Gasteiger partial charge on any atom is 0.255 e. The van der Waals surface area contributed by atoms with E-state index in [9.17, 15) is 14.4 Å². The fraction of sp³-hybridized carbons (Fsp3) is 0.125. The number of para-hydroxylation sites is 2. The quantitative estimate of drug-likeness (QED) is 0.425. The van der Waals surface area contributed by atoms with Crippen molar-refractivity contribution in [1.82, 2.24) is 0 Å². The monoisotopic (exact) mass is 483 g/mol. The molecule has 176 valence electrons. The Balaban J connectivity index is 1.84. The van der Waals surface area contributed by atoms with Gasteiger partial charge in [0.05, 0.1) is 25.6 Å². The Morgan fingerprint density at radius 2 is 1.32 bits per heavy atom. The number of amides is 3. The number of ether oxygens (including phenoxy) is 3. The number of primary amides is 1. The van der Waals surface area contributed by atoms with Crippen molar-refractivity contribution in [1.29, 1.82) is 0 Å². The third-order valence-electron chi connectivity index (χ3n) is 4.61. The van der Waals surface area contributed by atoms with Gasteiger partial charge >= 0.3 is 0 Å². The molecular weight excluding hydrogens is 462 g/mol. The summed E-state index contributed by atoms with van der Waals surface area (Å²) in [6, 6.07) is 16.0. The first-order chi connectivity index (χ1) is 16.3. The van der Waals surface area contributed by atoms with Crippen LogP contribution in [0.25, 0.3) is 0 Å². The van der Waals surface area contributed by atoms with E-state index in [0.717, 1.165) is 0 Å². The largest absolute Gasteiger partial charge is 0.493 e. The minimum Gasteiger partial charge on any atom is -0.493 e. The van der Waals surface area contributed by atoms with Crippen LogP contribution in [0.3, 0.4) is 0 Å². The molecule has 0 saturated carbocycles. The maximum atomic E-state index is 13.0. The number of carbonyl (C=O) groups is 3. The number of carbonyl (C=O) groups excluding carboxylic acids is 3. The Kier molecular flexibility index (Phi) is 7.94. The van der Waals surface area contributed by atoms with E-state index < -0.39 is 11.8 Å². The van der Waals surface area contributed by atoms with Gasteiger partial charge in [-0.1, -0.05) is 23.7 Å². The molecule has 3 rings (SSSR count). The van der Waals surface area contributed by atoms with E-state index in [4.69, 9.17) is 31.5 Å². The zero-order valence-electron chi connectivity index (χ0n) is 18.4. The van der Waals surface area contributed by atoms with Crippen LogP contribution in [-0.2, 0) is 4.79 Å². The number of nitrogens with one attached hydrogen (secondary N) is 2. The van der Waals surface area contributed by atoms with Gasteiger partial charge in [0.15, 0.2) is 18.1 Å². The maximum absolute atomic E-state index is 13.0. The molecule has 0 aliphatic rings. The SMILES string of the molecule is COc1cc(C(=O)Nc2ccccc2NC(=O)c2ccc(Cl)cc2)cc(OC)c1OCC(N)=O. The number of nitrogens with two attached hydrogens (primary N) is 1. The molecule has 9 nitrogen and oxygen atoms in total. The summed E-state index contributed by atoms with van der Waals surface area (Å²) >= 11 is 5.88. The average Bonchev–Trinajstić information content (AvgIpc) is 2.83. The Morgan fingerprint density at radius 3 is 1.79 bits per heavy atom. The van der Waals surface area contributed by atoms with Crippen molar-refractivity contribution in [2.75, 3.05) is 31.5 Å². The topological polar surface area (TPSA) is 129 Å². The van der Waals surface area contributed by atoms with Gasteiger partial charge in [0.1, 0.15) is 0 Å². The molecule has 34 heavy (non-hydrogen) atoms. The summed E-state index contributed by atoms with van der Waals surface area (Å²) in [6.07, 6.45) is 0. The molecule has 0 unspecified atom stereocenters. The standard InChI is InChI=1S/C24H22ClN3O6/c1-32-19-11-15(12-20(33-2)22(19)34-13-21(26)29)24(31)28-18-6-4-3-5-17(18)27-23(30)14-7-9-16(25)10-8-14/h3-12H,13H2,1-2H3,(H2,26,29)(H,27,30)(H,28,31). The molecule has 3 aromatic carbocycles. The van der Waals surface area contributed by atoms with E-state index >= 15 is 0 Å². The van der Waals surface area contributed by atoms with Crippen LogP contribution >= 0.6 is 11.6 Å². The molecule has 0 aromatic heterocycles. The Bertz CT molecular complexity index is 1190. The number of halogens is 1. The average molecular weight is 484 g/mol. The third kappa shape index (κ3) is 5.96. The Hall–Kier alpha value is -4.24. The second-order valence-corrected chi connectivity index (χ2v) is 7.36. The van der Waals surface area contributed by atoms with Crippen molar-refractivity contribution in [2.24, 2.45) is 5.73 Å². The third-order valence-corrected chi connectivity index (χ3v) is 4.86. The van der Waals surface area contributed by atoms with Crippen LogP contribution in [0.4, 0.5) is 11.4 Å². The van der Waals surface area contributed by atoms with Gasteiger partial charge in [0.25, 0.3) is 17.7 Å². The number of methoxy groups -OCH3 is 2. The highest BCUT2D eigenvalue weighted by Gasteiger charge is 2.19. The lowest BCUT2D eigenvalue weighted by Gasteiger charge is -2.16. The highest BCUT2D eigenvalue weighted by atomic mass is 35.5. The van der Waals surface area contributed by atoms with Crippen molar-refractivity contribution in [3.05, 3.63) is 76.8 Å². The lowest BCUT2D eigenvalue weighted by Crippen LogP contribution is -2.20. The molecule has 3 aromatic rings. The summed E-state index contributed by atoms with van der Waals surface area (Å²) in [4.78, 5) is 36.7. The van der Waals surface area contributed by atoms with Crippen LogP contribution in [0.2, 0.25) is 5.02 Å². The molecule has 0 atom stereocenters. The first-order valence-corrected chi connectivity index (χ1v) is 10.3. The van der Waals surface area contributed by atoms with Gasteiger partial charge in [0.2, 0.25) is 5.75 Å². The van der Waals surface area contributed by atoms with Gasteiger partial charge in [-0.2, -0.15) is 0 Å². The Morgan fingerprint density at radius 1 is 0.824 bits per heavy atom. The minimum absolute atomic E-state index is 0.135. The fourth-order valence-corrected chi connectivity index (χ4v) is 3.11. The minimum atomic E-state index is -0.678. The molecule has 0 spiro atoms. The zero-order valence-corrected chi connectivity index (χ0v) is 19.1. The lowest BCUT2D eigenvalue weighted by molar-refractivity contribution is -0.120. The number of benzene rings is 3. The van der Waals surface area contributed by atoms with Gasteiger partial charge < -0.3 is 30.6 Å². The van der Waals surface area contributed by atoms with Crippen molar-refractivity contribution in [3.8, 4) is 17.2 Å². The van der Waals surface area contributed by atoms with Crippen molar-refractivity contribution < 1.29 is 28.6 Å². The number of hydrogen-bond acceptors (Lipinski definition) is 6. The smallest absolute Gasteiger partial charge is 0.255 e. The predicted octanol–water partition coefficient (Wildman–Crippen LogP) is 3.73. The number of hydrogen-bond donors (Lipinski definition) is 3. The van der Waals surface area contributed by atoms with E-state index in [-0.39, 0.29) is 35.3 Å². The van der Waals surface area contributed by atoms with Crippen LogP contribution in [0, 0.1) is 0 Å². The molecule has 0 aliphatic carbocycles. The van der Waals surface area contributed by atoms with Crippen LogP contribution in [0.1, 0.15) is 20.7 Å². The van der Waals surface area contributed by atoms with Crippen molar-refractivity contribution in [2.45, 2.75) is 0 Å². The lowest BCUT2D eigenvalue weighted by atomic mass is 10.1. The summed E-state index contributed by atoms with van der Waals surface area (Å²) in [5.74, 6) is -1.05. The molecular formula is C24H22ClN3O6. The van der Waals surface area contributed by atoms with E-state index in [0.29, 0.717) is 22.0 Å². The summed E-state index contributed by atoms with van der Waals surface area (Å²) in [7, 11) is 2.77. The summed E-state index contributed by atoms with van der Waals surface area (Å²) < 4.78 is 15.9. The van der Waals surface area contributed by atoms with E-state index in [1.54, 1.807) is 48.5 Å². The summed E-state index contributed by atoms with van der Waals surface area (Å²) in [5.41, 5.74) is 6.51. The zero-order chi connectivity index (χ0) is 24.7.